The Bertz CT molecular complexity index is 429. The third-order valence-corrected chi connectivity index (χ3v) is 3.40. The molecule has 8 heteroatoms. The van der Waals surface area contributed by atoms with Crippen LogP contribution in [-0.2, 0) is 9.59 Å². The van der Waals surface area contributed by atoms with E-state index in [2.05, 4.69) is 5.32 Å². The second kappa shape index (κ2) is 4.50. The molecule has 0 unspecified atom stereocenters. The van der Waals surface area contributed by atoms with Gasteiger partial charge < -0.3 is 0 Å². The van der Waals surface area contributed by atoms with Crippen molar-refractivity contribution in [3.63, 3.8) is 0 Å². The lowest BCUT2D eigenvalue weighted by Gasteiger charge is -2.30. The van der Waals surface area contributed by atoms with E-state index in [9.17, 15) is 27.6 Å². The molecule has 2 aliphatic rings. The number of carbonyl (C=O) groups is 3. The van der Waals surface area contributed by atoms with Gasteiger partial charge in [0.15, 0.2) is 0 Å². The van der Waals surface area contributed by atoms with E-state index in [1.54, 1.807) is 0 Å². The number of barbiturate groups is 1. The molecule has 106 valence electrons. The molecule has 2 fully saturated rings. The van der Waals surface area contributed by atoms with Gasteiger partial charge in [0.05, 0.1) is 0 Å². The van der Waals surface area contributed by atoms with Gasteiger partial charge in [0, 0.05) is 13.0 Å². The molecule has 1 saturated carbocycles. The Morgan fingerprint density at radius 2 is 1.79 bits per heavy atom. The molecule has 0 bridgehead atoms. The average molecular weight is 278 g/mol. The summed E-state index contributed by atoms with van der Waals surface area (Å²) in [6.45, 7) is -0.0875. The van der Waals surface area contributed by atoms with Gasteiger partial charge >= 0.3 is 12.2 Å². The van der Waals surface area contributed by atoms with Crippen LogP contribution in [0.3, 0.4) is 0 Å². The maximum atomic E-state index is 12.0. The van der Waals surface area contributed by atoms with Crippen LogP contribution >= 0.6 is 0 Å². The molecule has 0 atom stereocenters. The number of alkyl halides is 3. The molecular weight excluding hydrogens is 265 g/mol. The summed E-state index contributed by atoms with van der Waals surface area (Å²) >= 11 is 0. The second-order valence-corrected chi connectivity index (χ2v) is 4.87. The molecule has 0 aromatic carbocycles. The first-order valence-electron chi connectivity index (χ1n) is 6.00. The van der Waals surface area contributed by atoms with Crippen molar-refractivity contribution in [2.75, 3.05) is 6.54 Å². The van der Waals surface area contributed by atoms with Gasteiger partial charge in [-0.25, -0.2) is 4.79 Å². The lowest BCUT2D eigenvalue weighted by atomic mass is 10.0. The fourth-order valence-corrected chi connectivity index (χ4v) is 2.10. The van der Waals surface area contributed by atoms with E-state index in [-0.39, 0.29) is 19.4 Å². The number of nitrogens with zero attached hydrogens (tertiary/aromatic N) is 1. The van der Waals surface area contributed by atoms with Crippen LogP contribution in [-0.4, -0.2) is 35.5 Å². The molecule has 4 amide bonds. The Morgan fingerprint density at radius 3 is 2.32 bits per heavy atom. The van der Waals surface area contributed by atoms with Crippen LogP contribution in [0.15, 0.2) is 0 Å². The van der Waals surface area contributed by atoms with Crippen LogP contribution in [0, 0.1) is 5.41 Å². The number of amides is 4. The van der Waals surface area contributed by atoms with Crippen LogP contribution in [0.1, 0.15) is 32.1 Å². The van der Waals surface area contributed by atoms with Crippen molar-refractivity contribution in [2.45, 2.75) is 38.3 Å². The van der Waals surface area contributed by atoms with Crippen LogP contribution in [0.25, 0.3) is 0 Å². The molecule has 1 spiro atoms. The molecule has 1 saturated heterocycles. The molecule has 0 aromatic heterocycles. The smallest absolute Gasteiger partial charge is 0.277 e. The first kappa shape index (κ1) is 13.8. The summed E-state index contributed by atoms with van der Waals surface area (Å²) < 4.78 is 35.9. The van der Waals surface area contributed by atoms with Crippen molar-refractivity contribution in [3.05, 3.63) is 0 Å². The van der Waals surface area contributed by atoms with Gasteiger partial charge in [-0.2, -0.15) is 13.2 Å². The minimum Gasteiger partial charge on any atom is -0.277 e. The van der Waals surface area contributed by atoms with E-state index in [1.165, 1.54) is 0 Å². The van der Waals surface area contributed by atoms with Crippen molar-refractivity contribution in [1.29, 1.82) is 0 Å². The molecular formula is C11H13F3N2O3. The van der Waals surface area contributed by atoms with Crippen molar-refractivity contribution in [3.8, 4) is 0 Å². The fourth-order valence-electron chi connectivity index (χ4n) is 2.10. The minimum atomic E-state index is -4.23. The lowest BCUT2D eigenvalue weighted by Crippen LogP contribution is -2.59. The summed E-state index contributed by atoms with van der Waals surface area (Å²) in [7, 11) is 0. The highest BCUT2D eigenvalue weighted by Gasteiger charge is 2.61. The molecule has 1 heterocycles. The van der Waals surface area contributed by atoms with Crippen molar-refractivity contribution >= 4 is 17.8 Å². The first-order chi connectivity index (χ1) is 8.76. The maximum Gasteiger partial charge on any atom is 0.389 e. The van der Waals surface area contributed by atoms with Crippen LogP contribution in [0.4, 0.5) is 18.0 Å². The molecule has 5 nitrogen and oxygen atoms in total. The summed E-state index contributed by atoms with van der Waals surface area (Å²) in [5.41, 5.74) is -1.13. The molecule has 2 rings (SSSR count). The second-order valence-electron chi connectivity index (χ2n) is 4.87. The van der Waals surface area contributed by atoms with Gasteiger partial charge in [-0.15, -0.1) is 0 Å². The minimum absolute atomic E-state index is 0.0724. The van der Waals surface area contributed by atoms with E-state index in [0.29, 0.717) is 12.8 Å². The third-order valence-electron chi connectivity index (χ3n) is 3.40. The molecule has 0 aromatic rings. The zero-order valence-electron chi connectivity index (χ0n) is 10.0. The van der Waals surface area contributed by atoms with E-state index in [1.807, 2.05) is 0 Å². The van der Waals surface area contributed by atoms with E-state index >= 15 is 0 Å². The van der Waals surface area contributed by atoms with E-state index < -0.39 is 35.9 Å². The highest BCUT2D eigenvalue weighted by atomic mass is 19.4. The lowest BCUT2D eigenvalue weighted by molar-refractivity contribution is -0.144. The number of hydrogen-bond acceptors (Lipinski definition) is 3. The highest BCUT2D eigenvalue weighted by molar-refractivity contribution is 6.20. The quantitative estimate of drug-likeness (QED) is 0.627. The third kappa shape index (κ3) is 2.71. The summed E-state index contributed by atoms with van der Waals surface area (Å²) in [5.74, 6) is -1.16. The Labute approximate surface area is 107 Å². The van der Waals surface area contributed by atoms with Crippen molar-refractivity contribution in [2.24, 2.45) is 5.41 Å². The number of urea groups is 1. The molecule has 19 heavy (non-hydrogen) atoms. The largest absolute Gasteiger partial charge is 0.389 e. The van der Waals surface area contributed by atoms with Gasteiger partial charge in [-0.1, -0.05) is 0 Å². The zero-order chi connectivity index (χ0) is 14.3. The van der Waals surface area contributed by atoms with Gasteiger partial charge in [0.25, 0.3) is 0 Å². The zero-order valence-corrected chi connectivity index (χ0v) is 10.0. The Hall–Kier alpha value is -1.60. The first-order valence-corrected chi connectivity index (χ1v) is 6.00. The normalized spacial score (nSPS) is 21.8. The SMILES string of the molecule is O=C1NC(=O)C2(CC2)C(=O)N1CCCCC(F)(F)F. The van der Waals surface area contributed by atoms with Crippen LogP contribution in [0.2, 0.25) is 0 Å². The molecule has 1 N–H and O–H groups in total. The predicted molar refractivity (Wildman–Crippen MR) is 56.8 cm³/mol. The van der Waals surface area contributed by atoms with E-state index in [0.717, 1.165) is 4.90 Å². The van der Waals surface area contributed by atoms with Crippen molar-refractivity contribution < 1.29 is 27.6 Å². The molecule has 0 radical (unpaired) electrons. The number of unbranched alkanes of at least 4 members (excludes halogenated alkanes) is 1. The Balaban J connectivity index is 1.88. The topological polar surface area (TPSA) is 66.5 Å². The summed E-state index contributed by atoms with van der Waals surface area (Å²) in [6.07, 6.45) is -4.47. The van der Waals surface area contributed by atoms with Gasteiger partial charge in [-0.05, 0) is 25.7 Å². The number of rotatable bonds is 4. The van der Waals surface area contributed by atoms with Gasteiger partial charge in [0.1, 0.15) is 5.41 Å². The molecule has 1 aliphatic carbocycles. The predicted octanol–water partition coefficient (Wildman–Crippen LogP) is 1.58. The number of hydrogen-bond donors (Lipinski definition) is 1. The molecule has 1 aliphatic heterocycles. The summed E-state index contributed by atoms with van der Waals surface area (Å²) in [5, 5.41) is 2.07. The number of carbonyl (C=O) groups excluding carboxylic acids is 3. The van der Waals surface area contributed by atoms with Gasteiger partial charge in [0.2, 0.25) is 11.8 Å². The fraction of sp³-hybridized carbons (Fsp3) is 0.727. The highest BCUT2D eigenvalue weighted by Crippen LogP contribution is 2.48. The standard InChI is InChI=1S/C11H13F3N2O3/c12-11(13,14)3-1-2-6-16-8(18)10(4-5-10)7(17)15-9(16)19/h1-6H2,(H,15,17,19). The van der Waals surface area contributed by atoms with Crippen LogP contribution in [0.5, 0.6) is 0 Å². The van der Waals surface area contributed by atoms with Crippen molar-refractivity contribution in [1.82, 2.24) is 10.2 Å². The average Bonchev–Trinajstić information content (AvgIpc) is 3.05. The summed E-state index contributed by atoms with van der Waals surface area (Å²) in [6, 6.07) is -0.834. The Kier molecular flexibility index (Phi) is 3.27. The number of imide groups is 2. The van der Waals surface area contributed by atoms with E-state index in [4.69, 9.17) is 0 Å². The van der Waals surface area contributed by atoms with Gasteiger partial charge in [-0.3, -0.25) is 19.8 Å². The van der Waals surface area contributed by atoms with Crippen LogP contribution < -0.4 is 5.32 Å². The monoisotopic (exact) mass is 278 g/mol. The maximum absolute atomic E-state index is 12.0. The summed E-state index contributed by atoms with van der Waals surface area (Å²) in [4.78, 5) is 35.7. The Morgan fingerprint density at radius 1 is 1.16 bits per heavy atom. The number of nitrogens with one attached hydrogen (secondary N) is 1. The number of halogens is 3.